The molecule has 1 aromatic carbocycles. The third-order valence-electron chi connectivity index (χ3n) is 3.54. The molecule has 0 aliphatic heterocycles. The molecule has 4 nitrogen and oxygen atoms in total. The number of benzene rings is 1. The molecule has 5 heteroatoms. The van der Waals surface area contributed by atoms with Gasteiger partial charge < -0.3 is 10.2 Å². The standard InChI is InChI=1S/C18H20ClN3O/c1-4-18(23)20-15-9-7-13(8-10-15)14-11-16(19)21-17(12-14)22(5-2)6-3/h4,7-12H,1,5-6H2,2-3H3,(H,20,23). The molecule has 0 saturated carbocycles. The summed E-state index contributed by atoms with van der Waals surface area (Å²) in [6, 6.07) is 11.4. The van der Waals surface area contributed by atoms with Gasteiger partial charge in [0.25, 0.3) is 0 Å². The van der Waals surface area contributed by atoms with Crippen molar-refractivity contribution in [3.05, 3.63) is 54.2 Å². The normalized spacial score (nSPS) is 10.2. The topological polar surface area (TPSA) is 45.2 Å². The number of amides is 1. The molecule has 0 aliphatic rings. The molecule has 23 heavy (non-hydrogen) atoms. The lowest BCUT2D eigenvalue weighted by atomic mass is 10.1. The van der Waals surface area contributed by atoms with Crippen LogP contribution in [0.2, 0.25) is 5.15 Å². The quantitative estimate of drug-likeness (QED) is 0.632. The average molecular weight is 330 g/mol. The van der Waals surface area contributed by atoms with Gasteiger partial charge in [-0.1, -0.05) is 30.3 Å². The number of hydrogen-bond acceptors (Lipinski definition) is 3. The van der Waals surface area contributed by atoms with Gasteiger partial charge in [-0.25, -0.2) is 4.98 Å². The van der Waals surface area contributed by atoms with Gasteiger partial charge >= 0.3 is 0 Å². The molecule has 0 aliphatic carbocycles. The van der Waals surface area contributed by atoms with Crippen molar-refractivity contribution in [2.45, 2.75) is 13.8 Å². The van der Waals surface area contributed by atoms with Crippen molar-refractivity contribution >= 4 is 29.0 Å². The van der Waals surface area contributed by atoms with Crippen LogP contribution in [0.3, 0.4) is 0 Å². The molecule has 1 amide bonds. The molecule has 0 fully saturated rings. The van der Waals surface area contributed by atoms with Gasteiger partial charge in [0, 0.05) is 18.8 Å². The molecule has 2 rings (SSSR count). The second-order valence-electron chi connectivity index (χ2n) is 4.98. The predicted molar refractivity (Wildman–Crippen MR) is 97.1 cm³/mol. The van der Waals surface area contributed by atoms with E-state index in [2.05, 4.69) is 35.6 Å². The number of hydrogen-bond donors (Lipinski definition) is 1. The Bertz CT molecular complexity index is 694. The molecule has 1 aromatic heterocycles. The van der Waals surface area contributed by atoms with Crippen LogP contribution >= 0.6 is 11.6 Å². The van der Waals surface area contributed by atoms with E-state index in [0.29, 0.717) is 5.15 Å². The number of aromatic nitrogens is 1. The lowest BCUT2D eigenvalue weighted by Crippen LogP contribution is -2.22. The first kappa shape index (κ1) is 17.0. The molecule has 0 radical (unpaired) electrons. The fraction of sp³-hybridized carbons (Fsp3) is 0.222. The zero-order chi connectivity index (χ0) is 16.8. The Morgan fingerprint density at radius 1 is 1.22 bits per heavy atom. The van der Waals surface area contributed by atoms with E-state index in [1.165, 1.54) is 6.08 Å². The highest BCUT2D eigenvalue weighted by Crippen LogP contribution is 2.27. The number of anilines is 2. The first-order chi connectivity index (χ1) is 11.1. The van der Waals surface area contributed by atoms with Crippen LogP contribution < -0.4 is 10.2 Å². The van der Waals surface area contributed by atoms with E-state index < -0.39 is 0 Å². The summed E-state index contributed by atoms with van der Waals surface area (Å²) in [5.74, 6) is 0.634. The van der Waals surface area contributed by atoms with Crippen molar-refractivity contribution in [1.29, 1.82) is 0 Å². The minimum atomic E-state index is -0.228. The summed E-state index contributed by atoms with van der Waals surface area (Å²) in [6.07, 6.45) is 1.24. The van der Waals surface area contributed by atoms with E-state index in [9.17, 15) is 4.79 Å². The Morgan fingerprint density at radius 2 is 1.87 bits per heavy atom. The van der Waals surface area contributed by atoms with Gasteiger partial charge in [0.05, 0.1) is 0 Å². The number of nitrogens with one attached hydrogen (secondary N) is 1. The van der Waals surface area contributed by atoms with Crippen LogP contribution in [0.25, 0.3) is 11.1 Å². The number of halogens is 1. The molecule has 1 N–H and O–H groups in total. The summed E-state index contributed by atoms with van der Waals surface area (Å²) in [5, 5.41) is 3.19. The Morgan fingerprint density at radius 3 is 2.43 bits per heavy atom. The van der Waals surface area contributed by atoms with Crippen LogP contribution in [-0.2, 0) is 4.79 Å². The van der Waals surface area contributed by atoms with Crippen molar-refractivity contribution in [3.8, 4) is 11.1 Å². The minimum absolute atomic E-state index is 0.228. The molecular weight excluding hydrogens is 310 g/mol. The zero-order valence-electron chi connectivity index (χ0n) is 13.3. The highest BCUT2D eigenvalue weighted by atomic mass is 35.5. The van der Waals surface area contributed by atoms with Crippen LogP contribution in [0.5, 0.6) is 0 Å². The second-order valence-corrected chi connectivity index (χ2v) is 5.37. The van der Waals surface area contributed by atoms with Gasteiger partial charge in [0.2, 0.25) is 5.91 Å². The van der Waals surface area contributed by atoms with E-state index in [-0.39, 0.29) is 5.91 Å². The zero-order valence-corrected chi connectivity index (χ0v) is 14.1. The van der Waals surface area contributed by atoms with Crippen molar-refractivity contribution in [3.63, 3.8) is 0 Å². The largest absolute Gasteiger partial charge is 0.357 e. The highest BCUT2D eigenvalue weighted by molar-refractivity contribution is 6.29. The Hall–Kier alpha value is -2.33. The summed E-state index contributed by atoms with van der Waals surface area (Å²) in [5.41, 5.74) is 2.73. The van der Waals surface area contributed by atoms with Crippen LogP contribution in [0.1, 0.15) is 13.8 Å². The second kappa shape index (κ2) is 7.79. The number of carbonyl (C=O) groups excluding carboxylic acids is 1. The van der Waals surface area contributed by atoms with E-state index in [1.54, 1.807) is 0 Å². The van der Waals surface area contributed by atoms with Crippen molar-refractivity contribution in [2.75, 3.05) is 23.3 Å². The van der Waals surface area contributed by atoms with E-state index >= 15 is 0 Å². The third kappa shape index (κ3) is 4.33. The van der Waals surface area contributed by atoms with E-state index in [1.807, 2.05) is 36.4 Å². The maximum Gasteiger partial charge on any atom is 0.247 e. The van der Waals surface area contributed by atoms with Gasteiger partial charge in [-0.15, -0.1) is 0 Å². The van der Waals surface area contributed by atoms with Crippen molar-refractivity contribution < 1.29 is 4.79 Å². The van der Waals surface area contributed by atoms with Crippen LogP contribution in [0.15, 0.2) is 49.1 Å². The number of rotatable bonds is 6. The smallest absolute Gasteiger partial charge is 0.247 e. The van der Waals surface area contributed by atoms with Gasteiger partial charge in [0.15, 0.2) is 0 Å². The molecule has 0 atom stereocenters. The Labute approximate surface area is 141 Å². The van der Waals surface area contributed by atoms with Crippen molar-refractivity contribution in [2.24, 2.45) is 0 Å². The maximum absolute atomic E-state index is 11.3. The van der Waals surface area contributed by atoms with Crippen LogP contribution in [0, 0.1) is 0 Å². The summed E-state index contributed by atoms with van der Waals surface area (Å²) in [7, 11) is 0. The first-order valence-electron chi connectivity index (χ1n) is 7.53. The van der Waals surface area contributed by atoms with E-state index in [0.717, 1.165) is 35.7 Å². The summed E-state index contributed by atoms with van der Waals surface area (Å²) >= 11 is 6.17. The molecule has 1 heterocycles. The van der Waals surface area contributed by atoms with Gasteiger partial charge in [-0.2, -0.15) is 0 Å². The van der Waals surface area contributed by atoms with E-state index in [4.69, 9.17) is 11.6 Å². The maximum atomic E-state index is 11.3. The molecule has 120 valence electrons. The molecular formula is C18H20ClN3O. The molecule has 0 spiro atoms. The lowest BCUT2D eigenvalue weighted by molar-refractivity contribution is -0.111. The SMILES string of the molecule is C=CC(=O)Nc1ccc(-c2cc(Cl)nc(N(CC)CC)c2)cc1. The minimum Gasteiger partial charge on any atom is -0.357 e. The predicted octanol–water partition coefficient (Wildman–Crippen LogP) is 4.37. The Kier molecular flexibility index (Phi) is 5.77. The summed E-state index contributed by atoms with van der Waals surface area (Å²) in [4.78, 5) is 17.8. The number of nitrogens with zero attached hydrogens (tertiary/aromatic N) is 2. The number of pyridine rings is 1. The molecule has 0 unspecified atom stereocenters. The average Bonchev–Trinajstić information content (AvgIpc) is 2.56. The third-order valence-corrected chi connectivity index (χ3v) is 3.73. The highest BCUT2D eigenvalue weighted by Gasteiger charge is 2.08. The molecule has 0 bridgehead atoms. The van der Waals surface area contributed by atoms with Crippen molar-refractivity contribution in [1.82, 2.24) is 4.98 Å². The molecule has 2 aromatic rings. The summed E-state index contributed by atoms with van der Waals surface area (Å²) in [6.45, 7) is 9.35. The van der Waals surface area contributed by atoms with Gasteiger partial charge in [0.1, 0.15) is 11.0 Å². The fourth-order valence-electron chi connectivity index (χ4n) is 2.30. The monoisotopic (exact) mass is 329 g/mol. The fourth-order valence-corrected chi connectivity index (χ4v) is 2.50. The van der Waals surface area contributed by atoms with Gasteiger partial charge in [-0.05, 0) is 55.3 Å². The Balaban J connectivity index is 2.31. The lowest BCUT2D eigenvalue weighted by Gasteiger charge is -2.20. The number of carbonyl (C=O) groups is 1. The van der Waals surface area contributed by atoms with Gasteiger partial charge in [-0.3, -0.25) is 4.79 Å². The molecule has 0 saturated heterocycles. The van der Waals surface area contributed by atoms with Crippen LogP contribution in [0.4, 0.5) is 11.5 Å². The van der Waals surface area contributed by atoms with Crippen LogP contribution in [-0.4, -0.2) is 24.0 Å². The summed E-state index contributed by atoms with van der Waals surface area (Å²) < 4.78 is 0. The first-order valence-corrected chi connectivity index (χ1v) is 7.91.